The van der Waals surface area contributed by atoms with E-state index in [9.17, 15) is 4.79 Å². The van der Waals surface area contributed by atoms with Gasteiger partial charge >= 0.3 is 0 Å². The molecule has 2 N–H and O–H groups in total. The minimum atomic E-state index is -0.269. The molecular weight excluding hydrogens is 320 g/mol. The number of amides is 1. The van der Waals surface area contributed by atoms with Gasteiger partial charge in [-0.15, -0.1) is 10.2 Å². The van der Waals surface area contributed by atoms with Crippen LogP contribution in [-0.4, -0.2) is 30.3 Å². The average molecular weight is 340 g/mol. The van der Waals surface area contributed by atoms with Gasteiger partial charge < -0.3 is 19.8 Å². The number of fused-ring (bicyclic) bond motifs is 1. The summed E-state index contributed by atoms with van der Waals surface area (Å²) in [5.41, 5.74) is 2.12. The van der Waals surface area contributed by atoms with E-state index >= 15 is 0 Å². The van der Waals surface area contributed by atoms with Gasteiger partial charge in [0.25, 0.3) is 5.91 Å². The summed E-state index contributed by atoms with van der Waals surface area (Å²) in [4.78, 5) is 11.5. The van der Waals surface area contributed by atoms with Gasteiger partial charge in [-0.2, -0.15) is 0 Å². The molecule has 25 heavy (non-hydrogen) atoms. The van der Waals surface area contributed by atoms with E-state index in [4.69, 9.17) is 9.15 Å². The van der Waals surface area contributed by atoms with Crippen molar-refractivity contribution in [1.82, 2.24) is 15.5 Å². The summed E-state index contributed by atoms with van der Waals surface area (Å²) < 4.78 is 11.3. The predicted octanol–water partition coefficient (Wildman–Crippen LogP) is 3.07. The molecule has 1 atom stereocenters. The number of hydrogen-bond donors (Lipinski definition) is 2. The Kier molecular flexibility index (Phi) is 4.56. The number of nitrogens with zero attached hydrogens (tertiary/aromatic N) is 2. The quantitative estimate of drug-likeness (QED) is 0.742. The second kappa shape index (κ2) is 6.80. The maximum Gasteiger partial charge on any atom is 0.271 e. The van der Waals surface area contributed by atoms with Crippen LogP contribution in [-0.2, 0) is 0 Å². The Balaban J connectivity index is 1.83. The van der Waals surface area contributed by atoms with Gasteiger partial charge in [0.2, 0.25) is 0 Å². The Morgan fingerprint density at radius 1 is 1.24 bits per heavy atom. The first-order valence-electron chi connectivity index (χ1n) is 7.93. The smallest absolute Gasteiger partial charge is 0.271 e. The third kappa shape index (κ3) is 3.26. The molecular formula is C18H20N4O3. The van der Waals surface area contributed by atoms with Crippen molar-refractivity contribution < 1.29 is 13.9 Å². The molecule has 0 fully saturated rings. The zero-order valence-corrected chi connectivity index (χ0v) is 14.6. The molecule has 7 heteroatoms. The lowest BCUT2D eigenvalue weighted by molar-refractivity contribution is 0.0957. The standard InChI is InChI=1S/C18H20N4O3/c1-10-13-9-12(24-4)5-7-15(13)25-17(10)11(2)20-16-8-6-14(21-22-16)18(23)19-3/h5-9,11H,1-4H3,(H,19,23)(H,20,22). The summed E-state index contributed by atoms with van der Waals surface area (Å²) in [7, 11) is 3.19. The lowest BCUT2D eigenvalue weighted by Crippen LogP contribution is -2.20. The number of carbonyl (C=O) groups is 1. The van der Waals surface area contributed by atoms with Gasteiger partial charge in [-0.25, -0.2) is 0 Å². The number of methoxy groups -OCH3 is 1. The fourth-order valence-electron chi connectivity index (χ4n) is 2.70. The van der Waals surface area contributed by atoms with Crippen LogP contribution in [0.5, 0.6) is 5.75 Å². The lowest BCUT2D eigenvalue weighted by atomic mass is 10.1. The zero-order valence-electron chi connectivity index (χ0n) is 14.6. The first-order chi connectivity index (χ1) is 12.0. The first kappa shape index (κ1) is 16.8. The molecule has 130 valence electrons. The third-order valence-corrected chi connectivity index (χ3v) is 4.06. The molecule has 7 nitrogen and oxygen atoms in total. The summed E-state index contributed by atoms with van der Waals surface area (Å²) >= 11 is 0. The number of nitrogens with one attached hydrogen (secondary N) is 2. The Bertz CT molecular complexity index is 903. The topological polar surface area (TPSA) is 89.3 Å². The minimum absolute atomic E-state index is 0.112. The van der Waals surface area contributed by atoms with Crippen molar-refractivity contribution in [3.63, 3.8) is 0 Å². The average Bonchev–Trinajstić information content (AvgIpc) is 2.98. The minimum Gasteiger partial charge on any atom is -0.497 e. The van der Waals surface area contributed by atoms with Gasteiger partial charge in [0.1, 0.15) is 22.9 Å². The van der Waals surface area contributed by atoms with Crippen molar-refractivity contribution in [2.75, 3.05) is 19.5 Å². The van der Waals surface area contributed by atoms with Crippen molar-refractivity contribution >= 4 is 22.7 Å². The number of ether oxygens (including phenoxy) is 1. The van der Waals surface area contributed by atoms with Gasteiger partial charge in [0.15, 0.2) is 5.69 Å². The number of rotatable bonds is 5. The van der Waals surface area contributed by atoms with E-state index in [1.54, 1.807) is 26.3 Å². The molecule has 1 aromatic carbocycles. The molecule has 0 spiro atoms. The summed E-state index contributed by atoms with van der Waals surface area (Å²) in [6, 6.07) is 8.96. The summed E-state index contributed by atoms with van der Waals surface area (Å²) in [5, 5.41) is 14.7. The van der Waals surface area contributed by atoms with Crippen molar-refractivity contribution in [3.05, 3.63) is 47.3 Å². The maximum absolute atomic E-state index is 11.5. The Morgan fingerprint density at radius 2 is 2.04 bits per heavy atom. The Hall–Kier alpha value is -3.09. The van der Waals surface area contributed by atoms with E-state index in [1.165, 1.54) is 0 Å². The SMILES string of the molecule is CNC(=O)c1ccc(NC(C)c2oc3ccc(OC)cc3c2C)nn1. The molecule has 2 heterocycles. The van der Waals surface area contributed by atoms with Crippen molar-refractivity contribution in [3.8, 4) is 5.75 Å². The Labute approximate surface area is 145 Å². The molecule has 0 radical (unpaired) electrons. The molecule has 2 aromatic heterocycles. The highest BCUT2D eigenvalue weighted by Gasteiger charge is 2.18. The van der Waals surface area contributed by atoms with Crippen LogP contribution in [0.15, 0.2) is 34.7 Å². The molecule has 1 unspecified atom stereocenters. The summed E-state index contributed by atoms with van der Waals surface area (Å²) in [5.74, 6) is 1.91. The number of anilines is 1. The highest BCUT2D eigenvalue weighted by atomic mass is 16.5. The molecule has 3 aromatic rings. The highest BCUT2D eigenvalue weighted by molar-refractivity contribution is 5.91. The fourth-order valence-corrected chi connectivity index (χ4v) is 2.70. The predicted molar refractivity (Wildman–Crippen MR) is 95.0 cm³/mol. The van der Waals surface area contributed by atoms with E-state index < -0.39 is 0 Å². The third-order valence-electron chi connectivity index (χ3n) is 4.06. The molecule has 0 aliphatic heterocycles. The molecule has 3 rings (SSSR count). The van der Waals surface area contributed by atoms with E-state index in [0.29, 0.717) is 5.82 Å². The van der Waals surface area contributed by atoms with Crippen LogP contribution in [0.4, 0.5) is 5.82 Å². The normalized spacial score (nSPS) is 12.0. The van der Waals surface area contributed by atoms with E-state index in [0.717, 1.165) is 28.0 Å². The van der Waals surface area contributed by atoms with Crippen LogP contribution < -0.4 is 15.4 Å². The molecule has 0 aliphatic carbocycles. The first-order valence-corrected chi connectivity index (χ1v) is 7.93. The van der Waals surface area contributed by atoms with E-state index in [-0.39, 0.29) is 17.6 Å². The van der Waals surface area contributed by atoms with Gasteiger partial charge in [-0.3, -0.25) is 4.79 Å². The largest absolute Gasteiger partial charge is 0.497 e. The summed E-state index contributed by atoms with van der Waals surface area (Å²) in [6.45, 7) is 4.00. The number of aryl methyl sites for hydroxylation is 1. The number of benzene rings is 1. The number of carbonyl (C=O) groups excluding carboxylic acids is 1. The van der Waals surface area contributed by atoms with Crippen LogP contribution >= 0.6 is 0 Å². The van der Waals surface area contributed by atoms with Crippen molar-refractivity contribution in [2.24, 2.45) is 0 Å². The number of hydrogen-bond acceptors (Lipinski definition) is 6. The Morgan fingerprint density at radius 3 is 2.68 bits per heavy atom. The summed E-state index contributed by atoms with van der Waals surface area (Å²) in [6.07, 6.45) is 0. The van der Waals surface area contributed by atoms with Gasteiger partial charge in [0.05, 0.1) is 13.2 Å². The molecule has 0 saturated heterocycles. The molecule has 0 bridgehead atoms. The maximum atomic E-state index is 11.5. The number of furan rings is 1. The fraction of sp³-hybridized carbons (Fsp3) is 0.278. The van der Waals surface area contributed by atoms with E-state index in [2.05, 4.69) is 20.8 Å². The monoisotopic (exact) mass is 340 g/mol. The van der Waals surface area contributed by atoms with Crippen LogP contribution in [0, 0.1) is 6.92 Å². The van der Waals surface area contributed by atoms with Crippen molar-refractivity contribution in [1.29, 1.82) is 0 Å². The molecule has 1 amide bonds. The van der Waals surface area contributed by atoms with Gasteiger partial charge in [0, 0.05) is 18.0 Å². The zero-order chi connectivity index (χ0) is 18.0. The second-order valence-electron chi connectivity index (χ2n) is 5.70. The van der Waals surface area contributed by atoms with Crippen LogP contribution in [0.1, 0.15) is 34.8 Å². The van der Waals surface area contributed by atoms with Crippen LogP contribution in [0.3, 0.4) is 0 Å². The number of aromatic nitrogens is 2. The van der Waals surface area contributed by atoms with Crippen LogP contribution in [0.25, 0.3) is 11.0 Å². The molecule has 0 saturated carbocycles. The molecule has 0 aliphatic rings. The highest BCUT2D eigenvalue weighted by Crippen LogP contribution is 2.32. The van der Waals surface area contributed by atoms with Gasteiger partial charge in [-0.1, -0.05) is 0 Å². The second-order valence-corrected chi connectivity index (χ2v) is 5.70. The van der Waals surface area contributed by atoms with Crippen LogP contribution in [0.2, 0.25) is 0 Å². The lowest BCUT2D eigenvalue weighted by Gasteiger charge is -2.12. The van der Waals surface area contributed by atoms with Crippen molar-refractivity contribution in [2.45, 2.75) is 19.9 Å². The van der Waals surface area contributed by atoms with Gasteiger partial charge in [-0.05, 0) is 44.2 Å². The van der Waals surface area contributed by atoms with E-state index in [1.807, 2.05) is 32.0 Å².